The summed E-state index contributed by atoms with van der Waals surface area (Å²) in [4.78, 5) is 31.4. The number of hydrogen-bond donors (Lipinski definition) is 1. The molecule has 2 bridgehead atoms. The van der Waals surface area contributed by atoms with Crippen LogP contribution >= 0.6 is 34.2 Å². The van der Waals surface area contributed by atoms with Crippen molar-refractivity contribution in [1.29, 1.82) is 0 Å². The molecule has 0 unspecified atom stereocenters. The molecule has 7 heteroatoms. The van der Waals surface area contributed by atoms with Crippen molar-refractivity contribution in [2.24, 2.45) is 5.41 Å². The molecule has 1 amide bonds. The number of pyridine rings is 1. The molecule has 2 fully saturated rings. The first-order chi connectivity index (χ1) is 16.3. The quantitative estimate of drug-likeness (QED) is 0.216. The Bertz CT molecular complexity index is 1330. The van der Waals surface area contributed by atoms with Crippen LogP contribution < -0.4 is 5.32 Å². The molecule has 0 radical (unpaired) electrons. The third-order valence-electron chi connectivity index (χ3n) is 7.29. The van der Waals surface area contributed by atoms with Crippen LogP contribution in [0.15, 0.2) is 60.7 Å². The van der Waals surface area contributed by atoms with Gasteiger partial charge in [0.25, 0.3) is 5.91 Å². The summed E-state index contributed by atoms with van der Waals surface area (Å²) < 4.78 is 6.35. The lowest BCUT2D eigenvalue weighted by molar-refractivity contribution is -0.152. The first-order valence-corrected chi connectivity index (χ1v) is 12.8. The maximum Gasteiger partial charge on any atom is 0.316 e. The molecule has 3 aromatic rings. The summed E-state index contributed by atoms with van der Waals surface area (Å²) in [6.07, 6.45) is 2.56. The number of ether oxygens (including phenoxy) is 1. The molecule has 174 valence electrons. The van der Waals surface area contributed by atoms with Crippen molar-refractivity contribution in [2.75, 3.05) is 6.61 Å². The minimum Gasteiger partial charge on any atom is -0.465 e. The van der Waals surface area contributed by atoms with Crippen molar-refractivity contribution >= 4 is 57.0 Å². The molecule has 2 aliphatic rings. The highest BCUT2D eigenvalue weighted by atomic mass is 127. The minimum atomic E-state index is -0.710. The topological polar surface area (TPSA) is 68.3 Å². The van der Waals surface area contributed by atoms with E-state index < -0.39 is 11.0 Å². The fourth-order valence-electron chi connectivity index (χ4n) is 5.46. The zero-order valence-corrected chi connectivity index (χ0v) is 21.7. The number of carbonyl (C=O) groups excluding carboxylic acids is 2. The van der Waals surface area contributed by atoms with Gasteiger partial charge in [-0.2, -0.15) is 0 Å². The molecule has 2 aliphatic carbocycles. The maximum atomic E-state index is 13.9. The van der Waals surface area contributed by atoms with Crippen LogP contribution in [0.25, 0.3) is 22.2 Å². The Morgan fingerprint density at radius 1 is 1.15 bits per heavy atom. The lowest BCUT2D eigenvalue weighted by atomic mass is 9.83. The number of aromatic nitrogens is 1. The average Bonchev–Trinajstić information content (AvgIpc) is 3.26. The molecule has 0 aliphatic heterocycles. The first kappa shape index (κ1) is 23.3. The van der Waals surface area contributed by atoms with Gasteiger partial charge in [0.1, 0.15) is 0 Å². The van der Waals surface area contributed by atoms with Crippen LogP contribution in [0.2, 0.25) is 5.02 Å². The van der Waals surface area contributed by atoms with E-state index in [2.05, 4.69) is 34.5 Å². The molecule has 0 saturated heterocycles. The van der Waals surface area contributed by atoms with Gasteiger partial charge in [-0.3, -0.25) is 9.59 Å². The van der Waals surface area contributed by atoms with E-state index in [4.69, 9.17) is 21.3 Å². The van der Waals surface area contributed by atoms with Crippen LogP contribution in [0.1, 0.15) is 43.0 Å². The van der Waals surface area contributed by atoms with Crippen LogP contribution in [-0.2, 0) is 9.53 Å². The smallest absolute Gasteiger partial charge is 0.316 e. The summed E-state index contributed by atoms with van der Waals surface area (Å²) in [5, 5.41) is 4.25. The third kappa shape index (κ3) is 3.53. The standard InChI is InChI=1S/C27H24ClIN2O3/c1-3-34-25(33)26-11-13-27(14-12-26,16(26)2)31-24(32)21-19-15-18(29)9-10-20(19)30-23(22(21)28)17-7-5-4-6-8-17/h4-10,15H,2-3,11-14H2,1H3,(H,31,32). The van der Waals surface area contributed by atoms with Gasteiger partial charge in [0, 0.05) is 14.5 Å². The highest BCUT2D eigenvalue weighted by molar-refractivity contribution is 14.1. The second-order valence-electron chi connectivity index (χ2n) is 8.99. The van der Waals surface area contributed by atoms with Gasteiger partial charge < -0.3 is 10.1 Å². The van der Waals surface area contributed by atoms with Crippen LogP contribution in [-0.4, -0.2) is 29.0 Å². The van der Waals surface area contributed by atoms with Gasteiger partial charge in [0.05, 0.1) is 39.4 Å². The minimum absolute atomic E-state index is 0.234. The Hall–Kier alpha value is -2.45. The molecule has 1 heterocycles. The molecular formula is C27H24ClIN2O3. The lowest BCUT2D eigenvalue weighted by Gasteiger charge is -2.29. The van der Waals surface area contributed by atoms with E-state index in [9.17, 15) is 9.59 Å². The van der Waals surface area contributed by atoms with Crippen LogP contribution in [0.3, 0.4) is 0 Å². The number of halogens is 2. The Morgan fingerprint density at radius 3 is 2.53 bits per heavy atom. The number of hydrogen-bond acceptors (Lipinski definition) is 4. The monoisotopic (exact) mass is 586 g/mol. The molecular weight excluding hydrogens is 563 g/mol. The van der Waals surface area contributed by atoms with E-state index in [0.29, 0.717) is 59.5 Å². The van der Waals surface area contributed by atoms with E-state index >= 15 is 0 Å². The van der Waals surface area contributed by atoms with Crippen LogP contribution in [0.4, 0.5) is 0 Å². The van der Waals surface area contributed by atoms with E-state index in [1.807, 2.05) is 48.5 Å². The molecule has 1 aromatic heterocycles. The number of benzene rings is 2. The third-order valence-corrected chi connectivity index (χ3v) is 8.33. The number of carbonyl (C=O) groups is 2. The zero-order chi connectivity index (χ0) is 24.1. The summed E-state index contributed by atoms with van der Waals surface area (Å²) >= 11 is 9.11. The SMILES string of the molecule is C=C1C2(NC(=O)c3c(Cl)c(-c4ccccc4)nc4ccc(I)cc34)CCC1(C(=O)OCC)CC2. The number of esters is 1. The first-order valence-electron chi connectivity index (χ1n) is 11.3. The predicted molar refractivity (Wildman–Crippen MR) is 142 cm³/mol. The molecule has 0 spiro atoms. The zero-order valence-electron chi connectivity index (χ0n) is 18.8. The van der Waals surface area contributed by atoms with Crippen molar-refractivity contribution in [3.8, 4) is 11.3 Å². The average molecular weight is 587 g/mol. The fraction of sp³-hybridized carbons (Fsp3) is 0.296. The Balaban J connectivity index is 1.58. The predicted octanol–water partition coefficient (Wildman–Crippen LogP) is 6.32. The van der Waals surface area contributed by atoms with Crippen LogP contribution in [0, 0.1) is 8.99 Å². The molecule has 2 aromatic carbocycles. The van der Waals surface area contributed by atoms with Gasteiger partial charge in [-0.25, -0.2) is 4.98 Å². The fourth-order valence-corrected chi connectivity index (χ4v) is 6.29. The number of nitrogens with one attached hydrogen (secondary N) is 1. The second kappa shape index (κ2) is 8.64. The van der Waals surface area contributed by atoms with Crippen molar-refractivity contribution in [3.63, 3.8) is 0 Å². The van der Waals surface area contributed by atoms with Crippen LogP contribution in [0.5, 0.6) is 0 Å². The van der Waals surface area contributed by atoms with Gasteiger partial charge in [-0.05, 0) is 79.0 Å². The molecule has 1 N–H and O–H groups in total. The molecule has 34 heavy (non-hydrogen) atoms. The van der Waals surface area contributed by atoms with Gasteiger partial charge in [0.2, 0.25) is 0 Å². The van der Waals surface area contributed by atoms with E-state index in [0.717, 1.165) is 14.7 Å². The highest BCUT2D eigenvalue weighted by Crippen LogP contribution is 2.60. The van der Waals surface area contributed by atoms with E-state index in [1.165, 1.54) is 0 Å². The van der Waals surface area contributed by atoms with Crippen molar-refractivity contribution in [3.05, 3.63) is 74.8 Å². The van der Waals surface area contributed by atoms with Gasteiger partial charge >= 0.3 is 5.97 Å². The Labute approximate surface area is 217 Å². The maximum absolute atomic E-state index is 13.9. The van der Waals surface area contributed by atoms with Crippen molar-refractivity contribution in [1.82, 2.24) is 10.3 Å². The number of amides is 1. The van der Waals surface area contributed by atoms with Gasteiger partial charge in [-0.1, -0.05) is 48.5 Å². The highest BCUT2D eigenvalue weighted by Gasteiger charge is 2.62. The number of rotatable bonds is 5. The largest absolute Gasteiger partial charge is 0.465 e. The summed E-state index contributed by atoms with van der Waals surface area (Å²) in [6, 6.07) is 15.4. The molecule has 0 atom stereocenters. The molecule has 5 rings (SSSR count). The second-order valence-corrected chi connectivity index (χ2v) is 10.6. The number of nitrogens with zero attached hydrogens (tertiary/aromatic N) is 1. The lowest BCUT2D eigenvalue weighted by Crippen LogP contribution is -2.46. The summed E-state index contributed by atoms with van der Waals surface area (Å²) in [6.45, 7) is 6.41. The van der Waals surface area contributed by atoms with Gasteiger partial charge in [-0.15, -0.1) is 0 Å². The Morgan fingerprint density at radius 2 is 1.85 bits per heavy atom. The normalized spacial score (nSPS) is 23.3. The van der Waals surface area contributed by atoms with Crippen molar-refractivity contribution < 1.29 is 14.3 Å². The summed E-state index contributed by atoms with van der Waals surface area (Å²) in [5.41, 5.74) is 1.90. The molecule has 5 nitrogen and oxygen atoms in total. The molecule has 2 saturated carbocycles. The number of fused-ring (bicyclic) bond motifs is 3. The van der Waals surface area contributed by atoms with E-state index in [1.54, 1.807) is 6.92 Å². The Kier molecular flexibility index (Phi) is 5.92. The van der Waals surface area contributed by atoms with Crippen molar-refractivity contribution in [2.45, 2.75) is 38.1 Å². The van der Waals surface area contributed by atoms with E-state index in [-0.39, 0.29) is 11.9 Å². The summed E-state index contributed by atoms with van der Waals surface area (Å²) in [7, 11) is 0. The summed E-state index contributed by atoms with van der Waals surface area (Å²) in [5.74, 6) is -0.513. The van der Waals surface area contributed by atoms with Gasteiger partial charge in [0.15, 0.2) is 0 Å².